The van der Waals surface area contributed by atoms with Gasteiger partial charge in [-0.1, -0.05) is 35.3 Å². The summed E-state index contributed by atoms with van der Waals surface area (Å²) in [5.41, 5.74) is 0.213. The summed E-state index contributed by atoms with van der Waals surface area (Å²) in [5.74, 6) is -2.20. The molecule has 0 unspecified atom stereocenters. The van der Waals surface area contributed by atoms with Gasteiger partial charge in [0.2, 0.25) is 5.95 Å². The second-order valence-corrected chi connectivity index (χ2v) is 4.22. The molecule has 0 spiro atoms. The second kappa shape index (κ2) is 4.92. The molecule has 6 heteroatoms. The molecule has 0 saturated heterocycles. The molecule has 92 valence electrons. The van der Waals surface area contributed by atoms with Crippen LogP contribution in [0.2, 0.25) is 10.0 Å². The fraction of sp³-hybridized carbons (Fsp3) is 0. The van der Waals surface area contributed by atoms with E-state index in [0.29, 0.717) is 5.56 Å². The molecule has 1 N–H and O–H groups in total. The van der Waals surface area contributed by atoms with Crippen LogP contribution in [-0.2, 0) is 0 Å². The van der Waals surface area contributed by atoms with Gasteiger partial charge in [-0.2, -0.15) is 4.39 Å². The van der Waals surface area contributed by atoms with E-state index in [1.54, 1.807) is 18.2 Å². The van der Waals surface area contributed by atoms with Crippen molar-refractivity contribution < 1.29 is 14.3 Å². The van der Waals surface area contributed by atoms with Crippen molar-refractivity contribution in [1.82, 2.24) is 4.98 Å². The summed E-state index contributed by atoms with van der Waals surface area (Å²) in [6, 6.07) is 7.17. The zero-order valence-corrected chi connectivity index (χ0v) is 10.3. The van der Waals surface area contributed by atoms with E-state index >= 15 is 0 Å². The molecule has 1 aromatic heterocycles. The standard InChI is InChI=1S/C12H6Cl2FNO2/c13-8-3-1-2-6(10(8)14)7-4-5-9(15)16-11(7)12(17)18/h1-5H,(H,17,18). The Balaban J connectivity index is 2.71. The summed E-state index contributed by atoms with van der Waals surface area (Å²) >= 11 is 11.9. The zero-order chi connectivity index (χ0) is 13.3. The Morgan fingerprint density at radius 2 is 1.89 bits per heavy atom. The number of aromatic nitrogens is 1. The minimum atomic E-state index is -1.33. The number of carbonyl (C=O) groups is 1. The maximum atomic E-state index is 13.0. The van der Waals surface area contributed by atoms with Crippen molar-refractivity contribution in [3.63, 3.8) is 0 Å². The monoisotopic (exact) mass is 285 g/mol. The Kier molecular flexibility index (Phi) is 3.50. The Labute approximate surface area is 112 Å². The number of benzene rings is 1. The van der Waals surface area contributed by atoms with Gasteiger partial charge in [0.15, 0.2) is 5.69 Å². The molecule has 18 heavy (non-hydrogen) atoms. The van der Waals surface area contributed by atoms with Gasteiger partial charge in [-0.05, 0) is 18.2 Å². The Bertz CT molecular complexity index is 631. The van der Waals surface area contributed by atoms with Crippen LogP contribution in [0.3, 0.4) is 0 Å². The van der Waals surface area contributed by atoms with Crippen molar-refractivity contribution in [2.75, 3.05) is 0 Å². The Hall–Kier alpha value is -1.65. The number of hydrogen-bond donors (Lipinski definition) is 1. The molecule has 2 aromatic rings. The maximum Gasteiger partial charge on any atom is 0.355 e. The van der Waals surface area contributed by atoms with Crippen molar-refractivity contribution in [2.45, 2.75) is 0 Å². The molecule has 3 nitrogen and oxygen atoms in total. The van der Waals surface area contributed by atoms with Crippen LogP contribution in [-0.4, -0.2) is 16.1 Å². The fourth-order valence-electron chi connectivity index (χ4n) is 1.53. The van der Waals surface area contributed by atoms with Crippen LogP contribution in [0.1, 0.15) is 10.5 Å². The van der Waals surface area contributed by atoms with Crippen LogP contribution in [0.25, 0.3) is 11.1 Å². The molecule has 0 fully saturated rings. The minimum absolute atomic E-state index is 0.204. The number of nitrogens with zero attached hydrogens (tertiary/aromatic N) is 1. The highest BCUT2D eigenvalue weighted by molar-refractivity contribution is 6.43. The van der Waals surface area contributed by atoms with Crippen molar-refractivity contribution in [1.29, 1.82) is 0 Å². The fourth-order valence-corrected chi connectivity index (χ4v) is 1.93. The Morgan fingerprint density at radius 3 is 2.56 bits per heavy atom. The van der Waals surface area contributed by atoms with Gasteiger partial charge >= 0.3 is 5.97 Å². The van der Waals surface area contributed by atoms with Crippen LogP contribution in [0.5, 0.6) is 0 Å². The molecule has 1 heterocycles. The minimum Gasteiger partial charge on any atom is -0.476 e. The van der Waals surface area contributed by atoms with Crippen molar-refractivity contribution in [3.05, 3.63) is 52.0 Å². The SMILES string of the molecule is O=C(O)c1nc(F)ccc1-c1cccc(Cl)c1Cl. The first kappa shape index (κ1) is 12.8. The number of pyridine rings is 1. The lowest BCUT2D eigenvalue weighted by molar-refractivity contribution is 0.0690. The molecule has 0 aliphatic heterocycles. The smallest absolute Gasteiger partial charge is 0.355 e. The number of carboxylic acid groups (broad SMARTS) is 1. The summed E-state index contributed by atoms with van der Waals surface area (Å²) in [5, 5.41) is 9.50. The van der Waals surface area contributed by atoms with Crippen LogP contribution >= 0.6 is 23.2 Å². The number of aromatic carboxylic acids is 1. The number of carboxylic acids is 1. The Morgan fingerprint density at radius 1 is 1.17 bits per heavy atom. The van der Waals surface area contributed by atoms with Gasteiger partial charge in [0, 0.05) is 11.1 Å². The van der Waals surface area contributed by atoms with E-state index in [4.69, 9.17) is 28.3 Å². The van der Waals surface area contributed by atoms with E-state index in [0.717, 1.165) is 6.07 Å². The maximum absolute atomic E-state index is 13.0. The van der Waals surface area contributed by atoms with E-state index in [1.165, 1.54) is 6.07 Å². The van der Waals surface area contributed by atoms with E-state index in [1.807, 2.05) is 0 Å². The number of hydrogen-bond acceptors (Lipinski definition) is 2. The van der Waals surface area contributed by atoms with Gasteiger partial charge in [0.25, 0.3) is 0 Å². The first-order valence-corrected chi connectivity index (χ1v) is 5.60. The number of rotatable bonds is 2. The van der Waals surface area contributed by atoms with Gasteiger partial charge < -0.3 is 5.11 Å². The predicted molar refractivity (Wildman–Crippen MR) is 66.6 cm³/mol. The van der Waals surface area contributed by atoms with Gasteiger partial charge in [0.05, 0.1) is 10.0 Å². The molecule has 0 amide bonds. The molecule has 0 radical (unpaired) electrons. The summed E-state index contributed by atoms with van der Waals surface area (Å²) < 4.78 is 13.0. The average molecular weight is 286 g/mol. The van der Waals surface area contributed by atoms with Crippen LogP contribution in [0, 0.1) is 5.95 Å². The first-order valence-electron chi connectivity index (χ1n) is 4.85. The van der Waals surface area contributed by atoms with Crippen LogP contribution in [0.15, 0.2) is 30.3 Å². The largest absolute Gasteiger partial charge is 0.476 e. The van der Waals surface area contributed by atoms with Gasteiger partial charge in [-0.3, -0.25) is 0 Å². The highest BCUT2D eigenvalue weighted by Gasteiger charge is 2.17. The number of halogens is 3. The zero-order valence-electron chi connectivity index (χ0n) is 8.82. The van der Waals surface area contributed by atoms with E-state index in [-0.39, 0.29) is 15.6 Å². The third-order valence-corrected chi connectivity index (χ3v) is 3.12. The molecule has 0 atom stereocenters. The van der Waals surface area contributed by atoms with Crippen molar-refractivity contribution in [2.24, 2.45) is 0 Å². The van der Waals surface area contributed by atoms with Gasteiger partial charge in [0.1, 0.15) is 0 Å². The topological polar surface area (TPSA) is 50.2 Å². The second-order valence-electron chi connectivity index (χ2n) is 3.44. The molecule has 0 bridgehead atoms. The van der Waals surface area contributed by atoms with E-state index in [9.17, 15) is 9.18 Å². The van der Waals surface area contributed by atoms with E-state index < -0.39 is 17.6 Å². The predicted octanol–water partition coefficient (Wildman–Crippen LogP) is 3.89. The molecule has 2 rings (SSSR count). The lowest BCUT2D eigenvalue weighted by Crippen LogP contribution is -2.05. The lowest BCUT2D eigenvalue weighted by Gasteiger charge is -2.08. The van der Waals surface area contributed by atoms with Gasteiger partial charge in [-0.15, -0.1) is 0 Å². The highest BCUT2D eigenvalue weighted by atomic mass is 35.5. The molecule has 1 aromatic carbocycles. The molecule has 0 saturated carbocycles. The summed E-state index contributed by atoms with van der Waals surface area (Å²) in [6.45, 7) is 0. The normalized spacial score (nSPS) is 10.4. The molecule has 0 aliphatic rings. The molecule has 0 aliphatic carbocycles. The van der Waals surface area contributed by atoms with Crippen molar-refractivity contribution >= 4 is 29.2 Å². The third kappa shape index (κ3) is 2.30. The summed E-state index contributed by atoms with van der Waals surface area (Å²) in [6.07, 6.45) is 0. The quantitative estimate of drug-likeness (QED) is 0.852. The highest BCUT2D eigenvalue weighted by Crippen LogP contribution is 2.34. The summed E-state index contributed by atoms with van der Waals surface area (Å²) in [7, 11) is 0. The lowest BCUT2D eigenvalue weighted by atomic mass is 10.0. The summed E-state index contributed by atoms with van der Waals surface area (Å²) in [4.78, 5) is 14.4. The molecular weight excluding hydrogens is 280 g/mol. The van der Waals surface area contributed by atoms with Crippen LogP contribution < -0.4 is 0 Å². The third-order valence-electron chi connectivity index (χ3n) is 2.31. The van der Waals surface area contributed by atoms with Crippen molar-refractivity contribution in [3.8, 4) is 11.1 Å². The average Bonchev–Trinajstić information content (AvgIpc) is 2.33. The van der Waals surface area contributed by atoms with E-state index in [2.05, 4.69) is 4.98 Å². The van der Waals surface area contributed by atoms with Crippen LogP contribution in [0.4, 0.5) is 4.39 Å². The first-order chi connectivity index (χ1) is 8.50. The van der Waals surface area contributed by atoms with Gasteiger partial charge in [-0.25, -0.2) is 9.78 Å². The molecular formula is C12H6Cl2FNO2.